The van der Waals surface area contributed by atoms with Crippen LogP contribution < -0.4 is 5.32 Å². The van der Waals surface area contributed by atoms with Gasteiger partial charge in [0, 0.05) is 31.2 Å². The molecule has 0 aliphatic carbocycles. The van der Waals surface area contributed by atoms with Gasteiger partial charge in [-0.3, -0.25) is 4.68 Å². The lowest BCUT2D eigenvalue weighted by atomic mass is 10.1. The average molecular weight is 283 g/mol. The zero-order valence-corrected chi connectivity index (χ0v) is 12.5. The summed E-state index contributed by atoms with van der Waals surface area (Å²) in [6, 6.07) is 8.52. The molecule has 1 unspecified atom stereocenters. The first-order chi connectivity index (χ1) is 10.3. The van der Waals surface area contributed by atoms with Crippen LogP contribution in [0.25, 0.3) is 10.9 Å². The molecule has 3 aromatic rings. The van der Waals surface area contributed by atoms with Gasteiger partial charge in [-0.25, -0.2) is 4.98 Å². The number of para-hydroxylation sites is 1. The lowest BCUT2D eigenvalue weighted by molar-refractivity contribution is 0.502. The first kappa shape index (κ1) is 13.8. The van der Waals surface area contributed by atoms with Gasteiger partial charge in [0.25, 0.3) is 0 Å². The third-order valence-electron chi connectivity index (χ3n) is 3.72. The highest BCUT2D eigenvalue weighted by molar-refractivity contribution is 5.81. The molecule has 0 aliphatic rings. The number of benzene rings is 1. The molecule has 110 valence electrons. The summed E-state index contributed by atoms with van der Waals surface area (Å²) in [6.45, 7) is 3.14. The molecular weight excluding hydrogens is 262 g/mol. The maximum atomic E-state index is 4.68. The third-order valence-corrected chi connectivity index (χ3v) is 3.72. The molecule has 2 N–H and O–H groups in total. The molecule has 5 nitrogen and oxygen atoms in total. The number of nitrogens with one attached hydrogen (secondary N) is 2. The molecule has 1 atom stereocenters. The number of H-pyrrole nitrogens is 1. The molecule has 0 radical (unpaired) electrons. The van der Waals surface area contributed by atoms with Crippen molar-refractivity contribution in [1.29, 1.82) is 0 Å². The van der Waals surface area contributed by atoms with Crippen LogP contribution in [0.3, 0.4) is 0 Å². The Morgan fingerprint density at radius 3 is 2.95 bits per heavy atom. The second kappa shape index (κ2) is 6.10. The van der Waals surface area contributed by atoms with Gasteiger partial charge in [-0.2, -0.15) is 5.10 Å². The summed E-state index contributed by atoms with van der Waals surface area (Å²) in [5, 5.41) is 9.45. The van der Waals surface area contributed by atoms with Crippen LogP contribution in [0.1, 0.15) is 30.9 Å². The zero-order chi connectivity index (χ0) is 14.7. The van der Waals surface area contributed by atoms with Crippen LogP contribution >= 0.6 is 0 Å². The van der Waals surface area contributed by atoms with E-state index >= 15 is 0 Å². The van der Waals surface area contributed by atoms with Crippen LogP contribution in [-0.4, -0.2) is 26.3 Å². The van der Waals surface area contributed by atoms with E-state index in [4.69, 9.17) is 0 Å². The fraction of sp³-hybridized carbons (Fsp3) is 0.375. The summed E-state index contributed by atoms with van der Waals surface area (Å²) in [7, 11) is 1.99. The lowest BCUT2D eigenvalue weighted by Gasteiger charge is -2.15. The minimum absolute atomic E-state index is 0.165. The van der Waals surface area contributed by atoms with Crippen molar-refractivity contribution >= 4 is 10.9 Å². The summed E-state index contributed by atoms with van der Waals surface area (Å²) in [4.78, 5) is 7.61. The molecule has 0 saturated carbocycles. The number of nitrogens with zero attached hydrogens (tertiary/aromatic N) is 3. The molecule has 21 heavy (non-hydrogen) atoms. The average Bonchev–Trinajstić information content (AvgIpc) is 3.13. The molecule has 3 rings (SSSR count). The molecular formula is C16H21N5. The summed E-state index contributed by atoms with van der Waals surface area (Å²) in [6.07, 6.45) is 5.59. The molecule has 0 bridgehead atoms. The number of hydrogen-bond donors (Lipinski definition) is 2. The van der Waals surface area contributed by atoms with Crippen molar-refractivity contribution in [3.8, 4) is 0 Å². The largest absolute Gasteiger partial charge is 0.347 e. The smallest absolute Gasteiger partial charge is 0.123 e. The van der Waals surface area contributed by atoms with E-state index in [1.165, 1.54) is 10.9 Å². The van der Waals surface area contributed by atoms with Gasteiger partial charge in [0.2, 0.25) is 0 Å². The number of imidazole rings is 1. The maximum Gasteiger partial charge on any atom is 0.123 e. The number of fused-ring (bicyclic) bond motifs is 1. The van der Waals surface area contributed by atoms with E-state index in [1.807, 2.05) is 24.0 Å². The Hall–Kier alpha value is -2.14. The van der Waals surface area contributed by atoms with Crippen LogP contribution in [0.5, 0.6) is 0 Å². The Bertz CT molecular complexity index is 699. The lowest BCUT2D eigenvalue weighted by Crippen LogP contribution is -2.25. The Morgan fingerprint density at radius 1 is 1.33 bits per heavy atom. The molecule has 1 aromatic carbocycles. The Kier molecular flexibility index (Phi) is 4.01. The second-order valence-corrected chi connectivity index (χ2v) is 5.27. The van der Waals surface area contributed by atoms with Gasteiger partial charge >= 0.3 is 0 Å². The molecule has 2 heterocycles. The molecule has 0 aliphatic heterocycles. The molecule has 2 aromatic heterocycles. The fourth-order valence-electron chi connectivity index (χ4n) is 2.68. The van der Waals surface area contributed by atoms with Gasteiger partial charge in [-0.15, -0.1) is 0 Å². The number of aryl methyl sites for hydroxylation is 1. The molecule has 5 heteroatoms. The molecule has 0 fully saturated rings. The number of aromatic nitrogens is 4. The van der Waals surface area contributed by atoms with Crippen LogP contribution in [-0.2, 0) is 13.5 Å². The van der Waals surface area contributed by atoms with E-state index in [9.17, 15) is 0 Å². The van der Waals surface area contributed by atoms with Crippen molar-refractivity contribution < 1.29 is 0 Å². The standard InChI is InChI=1S/C16H21N5/c1-3-8-17-14(16-18-9-10-19-16)11-13-12-6-4-5-7-15(12)21(2)20-13/h4-7,9-10,14,17H,3,8,11H2,1-2H3,(H,18,19). The van der Waals surface area contributed by atoms with Gasteiger partial charge in [0.05, 0.1) is 17.3 Å². The van der Waals surface area contributed by atoms with Crippen molar-refractivity contribution in [3.63, 3.8) is 0 Å². The van der Waals surface area contributed by atoms with Gasteiger partial charge in [0.15, 0.2) is 0 Å². The van der Waals surface area contributed by atoms with Gasteiger partial charge < -0.3 is 10.3 Å². The summed E-state index contributed by atoms with van der Waals surface area (Å²) >= 11 is 0. The second-order valence-electron chi connectivity index (χ2n) is 5.27. The van der Waals surface area contributed by atoms with E-state index in [0.29, 0.717) is 0 Å². The third kappa shape index (κ3) is 2.83. The van der Waals surface area contributed by atoms with Crippen molar-refractivity contribution in [3.05, 3.63) is 48.2 Å². The van der Waals surface area contributed by atoms with E-state index in [-0.39, 0.29) is 6.04 Å². The van der Waals surface area contributed by atoms with E-state index in [0.717, 1.165) is 30.9 Å². The predicted octanol–water partition coefficient (Wildman–Crippen LogP) is 2.58. The zero-order valence-electron chi connectivity index (χ0n) is 12.5. The topological polar surface area (TPSA) is 58.5 Å². The van der Waals surface area contributed by atoms with E-state index < -0.39 is 0 Å². The highest BCUT2D eigenvalue weighted by atomic mass is 15.3. The number of hydrogen-bond acceptors (Lipinski definition) is 3. The predicted molar refractivity (Wildman–Crippen MR) is 84.0 cm³/mol. The highest BCUT2D eigenvalue weighted by Gasteiger charge is 2.17. The van der Waals surface area contributed by atoms with Crippen LogP contribution in [0.4, 0.5) is 0 Å². The van der Waals surface area contributed by atoms with Gasteiger partial charge in [0.1, 0.15) is 5.82 Å². The first-order valence-corrected chi connectivity index (χ1v) is 7.43. The Labute approximate surface area is 124 Å². The summed E-state index contributed by atoms with van der Waals surface area (Å²) in [5.41, 5.74) is 2.28. The van der Waals surface area contributed by atoms with Crippen molar-refractivity contribution in [2.75, 3.05) is 6.54 Å². The maximum absolute atomic E-state index is 4.68. The summed E-state index contributed by atoms with van der Waals surface area (Å²) in [5.74, 6) is 0.971. The highest BCUT2D eigenvalue weighted by Crippen LogP contribution is 2.22. The fourth-order valence-corrected chi connectivity index (χ4v) is 2.68. The normalized spacial score (nSPS) is 12.9. The first-order valence-electron chi connectivity index (χ1n) is 7.43. The monoisotopic (exact) mass is 283 g/mol. The number of rotatable bonds is 6. The summed E-state index contributed by atoms with van der Waals surface area (Å²) < 4.78 is 1.95. The minimum atomic E-state index is 0.165. The SMILES string of the molecule is CCCNC(Cc1nn(C)c2ccccc12)c1ncc[nH]1. The van der Waals surface area contributed by atoms with Crippen molar-refractivity contribution in [1.82, 2.24) is 25.1 Å². The van der Waals surface area contributed by atoms with E-state index in [2.05, 4.69) is 45.5 Å². The van der Waals surface area contributed by atoms with Crippen molar-refractivity contribution in [2.24, 2.45) is 7.05 Å². The number of aromatic amines is 1. The van der Waals surface area contributed by atoms with Crippen LogP contribution in [0.15, 0.2) is 36.7 Å². The molecule has 0 saturated heterocycles. The molecule has 0 amide bonds. The van der Waals surface area contributed by atoms with Gasteiger partial charge in [-0.1, -0.05) is 25.1 Å². The van der Waals surface area contributed by atoms with Gasteiger partial charge in [-0.05, 0) is 19.0 Å². The van der Waals surface area contributed by atoms with Crippen LogP contribution in [0, 0.1) is 0 Å². The minimum Gasteiger partial charge on any atom is -0.347 e. The Morgan fingerprint density at radius 2 is 2.19 bits per heavy atom. The molecule has 0 spiro atoms. The van der Waals surface area contributed by atoms with Crippen molar-refractivity contribution in [2.45, 2.75) is 25.8 Å². The van der Waals surface area contributed by atoms with Crippen LogP contribution in [0.2, 0.25) is 0 Å². The quantitative estimate of drug-likeness (QED) is 0.731. The Balaban J connectivity index is 1.90. The van der Waals surface area contributed by atoms with E-state index in [1.54, 1.807) is 6.20 Å².